The van der Waals surface area contributed by atoms with Crippen molar-refractivity contribution in [1.29, 1.82) is 0 Å². The quantitative estimate of drug-likeness (QED) is 0.782. The molecule has 2 aliphatic heterocycles. The van der Waals surface area contributed by atoms with Crippen LogP contribution in [0.3, 0.4) is 0 Å². The van der Waals surface area contributed by atoms with Gasteiger partial charge in [0.1, 0.15) is 0 Å². The Balaban J connectivity index is 1.64. The smallest absolute Gasteiger partial charge is 0.274 e. The van der Waals surface area contributed by atoms with Crippen molar-refractivity contribution in [2.45, 2.75) is 71.4 Å². The number of hydrogen-bond acceptors (Lipinski definition) is 4. The summed E-state index contributed by atoms with van der Waals surface area (Å²) in [5.74, 6) is -0.160. The fourth-order valence-corrected chi connectivity index (χ4v) is 4.05. The van der Waals surface area contributed by atoms with Gasteiger partial charge in [-0.25, -0.2) is 0 Å². The molecule has 29 heavy (non-hydrogen) atoms. The molecule has 1 aromatic heterocycles. The molecule has 1 fully saturated rings. The van der Waals surface area contributed by atoms with Crippen LogP contribution in [0.5, 0.6) is 0 Å². The Bertz CT molecular complexity index is 767. The van der Waals surface area contributed by atoms with Crippen molar-refractivity contribution in [1.82, 2.24) is 24.9 Å². The Kier molecular flexibility index (Phi) is 6.92. The first kappa shape index (κ1) is 21.3. The van der Waals surface area contributed by atoms with Gasteiger partial charge in [0.2, 0.25) is 11.8 Å². The highest BCUT2D eigenvalue weighted by atomic mass is 16.2. The number of nitrogens with zero attached hydrogens (tertiary/aromatic N) is 4. The molecular formula is C21H33N5O3. The summed E-state index contributed by atoms with van der Waals surface area (Å²) >= 11 is 0. The Morgan fingerprint density at radius 1 is 1.07 bits per heavy atom. The van der Waals surface area contributed by atoms with Crippen molar-refractivity contribution in [2.24, 2.45) is 7.05 Å². The molecule has 0 unspecified atom stereocenters. The standard InChI is InChI=1S/C21H33N5O3/c1-4-15(2)22-18(27)8-9-19(28)26-13-10-17-16(14-26)20(23-24(17)3)21(29)25-11-6-5-7-12-25/h15H,4-14H2,1-3H3,(H,22,27)/t15-/m0/s1. The average Bonchev–Trinajstić information content (AvgIpc) is 3.07. The molecule has 0 aliphatic carbocycles. The lowest BCUT2D eigenvalue weighted by Crippen LogP contribution is -2.39. The van der Waals surface area contributed by atoms with Crippen molar-refractivity contribution in [2.75, 3.05) is 19.6 Å². The third-order valence-electron chi connectivity index (χ3n) is 6.03. The van der Waals surface area contributed by atoms with E-state index in [4.69, 9.17) is 0 Å². The van der Waals surface area contributed by atoms with Gasteiger partial charge in [0.25, 0.3) is 5.91 Å². The van der Waals surface area contributed by atoms with Gasteiger partial charge in [0.05, 0.1) is 0 Å². The maximum Gasteiger partial charge on any atom is 0.274 e. The summed E-state index contributed by atoms with van der Waals surface area (Å²) in [4.78, 5) is 41.3. The van der Waals surface area contributed by atoms with Crippen LogP contribution in [0.1, 0.15) is 74.1 Å². The number of hydrogen-bond donors (Lipinski definition) is 1. The van der Waals surface area contributed by atoms with Gasteiger partial charge in [-0.3, -0.25) is 19.1 Å². The summed E-state index contributed by atoms with van der Waals surface area (Å²) in [7, 11) is 1.86. The molecule has 0 radical (unpaired) electrons. The lowest BCUT2D eigenvalue weighted by Gasteiger charge is -2.29. The molecule has 2 aliphatic rings. The van der Waals surface area contributed by atoms with Gasteiger partial charge >= 0.3 is 0 Å². The number of rotatable bonds is 6. The van der Waals surface area contributed by atoms with Crippen LogP contribution in [0.4, 0.5) is 0 Å². The van der Waals surface area contributed by atoms with Crippen molar-refractivity contribution < 1.29 is 14.4 Å². The van der Waals surface area contributed by atoms with Gasteiger partial charge in [-0.1, -0.05) is 6.92 Å². The van der Waals surface area contributed by atoms with Gasteiger partial charge in [-0.05, 0) is 32.6 Å². The van der Waals surface area contributed by atoms with Gasteiger partial charge in [-0.2, -0.15) is 5.10 Å². The Morgan fingerprint density at radius 3 is 2.48 bits per heavy atom. The average molecular weight is 404 g/mol. The van der Waals surface area contributed by atoms with Crippen molar-refractivity contribution in [3.8, 4) is 0 Å². The van der Waals surface area contributed by atoms with E-state index in [9.17, 15) is 14.4 Å². The Hall–Kier alpha value is -2.38. The van der Waals surface area contributed by atoms with E-state index in [1.165, 1.54) is 0 Å². The van der Waals surface area contributed by atoms with Gasteiger partial charge in [0, 0.05) is 69.8 Å². The fourth-order valence-electron chi connectivity index (χ4n) is 4.05. The molecule has 3 amide bonds. The SMILES string of the molecule is CC[C@H](C)NC(=O)CCC(=O)N1CCc2c(c(C(=O)N3CCCCC3)nn2C)C1. The van der Waals surface area contributed by atoms with Crippen LogP contribution in [0.15, 0.2) is 0 Å². The number of amides is 3. The number of piperidine rings is 1. The van der Waals surface area contributed by atoms with E-state index in [1.54, 1.807) is 9.58 Å². The van der Waals surface area contributed by atoms with Crippen LogP contribution in [0.2, 0.25) is 0 Å². The number of likely N-dealkylation sites (tertiary alicyclic amines) is 1. The summed E-state index contributed by atoms with van der Waals surface area (Å²) in [5.41, 5.74) is 2.38. The van der Waals surface area contributed by atoms with E-state index >= 15 is 0 Å². The van der Waals surface area contributed by atoms with Crippen molar-refractivity contribution >= 4 is 17.7 Å². The third-order valence-corrected chi connectivity index (χ3v) is 6.03. The zero-order chi connectivity index (χ0) is 21.0. The monoisotopic (exact) mass is 403 g/mol. The first-order chi connectivity index (χ1) is 13.9. The molecule has 1 atom stereocenters. The van der Waals surface area contributed by atoms with E-state index in [1.807, 2.05) is 25.8 Å². The molecule has 1 N–H and O–H groups in total. The normalized spacial score (nSPS) is 17.6. The predicted molar refractivity (Wildman–Crippen MR) is 109 cm³/mol. The number of carbonyl (C=O) groups excluding carboxylic acids is 3. The van der Waals surface area contributed by atoms with Gasteiger partial charge < -0.3 is 15.1 Å². The van der Waals surface area contributed by atoms with E-state index < -0.39 is 0 Å². The number of carbonyl (C=O) groups is 3. The summed E-state index contributed by atoms with van der Waals surface area (Å²) in [5, 5.41) is 7.39. The largest absolute Gasteiger partial charge is 0.354 e. The second-order valence-electron chi connectivity index (χ2n) is 8.19. The maximum absolute atomic E-state index is 13.0. The molecule has 3 rings (SSSR count). The number of fused-ring (bicyclic) bond motifs is 1. The number of nitrogens with one attached hydrogen (secondary N) is 1. The van der Waals surface area contributed by atoms with Crippen LogP contribution in [-0.2, 0) is 29.6 Å². The van der Waals surface area contributed by atoms with Crippen LogP contribution in [-0.4, -0.2) is 63.0 Å². The first-order valence-electron chi connectivity index (χ1n) is 10.8. The van der Waals surface area contributed by atoms with Crippen molar-refractivity contribution in [3.05, 3.63) is 17.0 Å². The number of aromatic nitrogens is 2. The molecule has 0 saturated carbocycles. The maximum atomic E-state index is 13.0. The summed E-state index contributed by atoms with van der Waals surface area (Å²) < 4.78 is 1.79. The van der Waals surface area contributed by atoms with E-state index in [0.717, 1.165) is 50.0 Å². The second kappa shape index (κ2) is 9.41. The highest BCUT2D eigenvalue weighted by Crippen LogP contribution is 2.25. The topological polar surface area (TPSA) is 87.5 Å². The zero-order valence-electron chi connectivity index (χ0n) is 17.9. The minimum absolute atomic E-state index is 0.0243. The second-order valence-corrected chi connectivity index (χ2v) is 8.19. The Labute approximate surface area is 172 Å². The molecule has 3 heterocycles. The lowest BCUT2D eigenvalue weighted by molar-refractivity contribution is -0.134. The summed E-state index contributed by atoms with van der Waals surface area (Å²) in [6, 6.07) is 0.119. The van der Waals surface area contributed by atoms with Crippen molar-refractivity contribution in [3.63, 3.8) is 0 Å². The zero-order valence-corrected chi connectivity index (χ0v) is 17.9. The molecule has 0 spiro atoms. The third kappa shape index (κ3) is 4.97. The van der Waals surface area contributed by atoms with Gasteiger partial charge in [0.15, 0.2) is 5.69 Å². The number of aryl methyl sites for hydroxylation is 1. The molecule has 1 saturated heterocycles. The molecule has 0 bridgehead atoms. The minimum atomic E-state index is -0.0901. The molecule has 160 valence electrons. The van der Waals surface area contributed by atoms with Crippen LogP contribution in [0.25, 0.3) is 0 Å². The first-order valence-corrected chi connectivity index (χ1v) is 10.8. The van der Waals surface area contributed by atoms with E-state index in [-0.39, 0.29) is 36.6 Å². The van der Waals surface area contributed by atoms with Crippen LogP contribution in [0, 0.1) is 0 Å². The fraction of sp³-hybridized carbons (Fsp3) is 0.714. The molecule has 1 aromatic rings. The molecule has 8 heteroatoms. The minimum Gasteiger partial charge on any atom is -0.354 e. The molecular weight excluding hydrogens is 370 g/mol. The predicted octanol–water partition coefficient (Wildman–Crippen LogP) is 1.63. The van der Waals surface area contributed by atoms with Crippen LogP contribution >= 0.6 is 0 Å². The highest BCUT2D eigenvalue weighted by Gasteiger charge is 2.31. The van der Waals surface area contributed by atoms with Crippen LogP contribution < -0.4 is 5.32 Å². The highest BCUT2D eigenvalue weighted by molar-refractivity contribution is 5.94. The summed E-state index contributed by atoms with van der Waals surface area (Å²) in [6.45, 7) is 6.50. The molecule has 0 aromatic carbocycles. The van der Waals surface area contributed by atoms with E-state index in [2.05, 4.69) is 10.4 Å². The molecule has 8 nitrogen and oxygen atoms in total. The van der Waals surface area contributed by atoms with Gasteiger partial charge in [-0.15, -0.1) is 0 Å². The Morgan fingerprint density at radius 2 is 1.79 bits per heavy atom. The summed E-state index contributed by atoms with van der Waals surface area (Å²) in [6.07, 6.45) is 5.15. The van der Waals surface area contributed by atoms with E-state index in [0.29, 0.717) is 25.2 Å². The lowest BCUT2D eigenvalue weighted by atomic mass is 10.0.